The Balaban J connectivity index is 1.73. The molecule has 0 aromatic heterocycles. The number of carbonyl (C=O) groups is 1. The molecule has 1 aliphatic heterocycles. The first kappa shape index (κ1) is 10.3. The summed E-state index contributed by atoms with van der Waals surface area (Å²) in [6.45, 7) is 1.44. The van der Waals surface area contributed by atoms with Gasteiger partial charge in [-0.2, -0.15) is 0 Å². The van der Waals surface area contributed by atoms with Gasteiger partial charge in [0, 0.05) is 6.42 Å². The molecule has 1 aromatic carbocycles. The van der Waals surface area contributed by atoms with E-state index in [1.165, 1.54) is 0 Å². The van der Waals surface area contributed by atoms with Crippen molar-refractivity contribution in [1.29, 1.82) is 0 Å². The van der Waals surface area contributed by atoms with Crippen molar-refractivity contribution in [3.8, 4) is 0 Å². The molecule has 15 heavy (non-hydrogen) atoms. The van der Waals surface area contributed by atoms with Gasteiger partial charge in [-0.05, 0) is 5.56 Å². The van der Waals surface area contributed by atoms with Crippen LogP contribution in [0.25, 0.3) is 0 Å². The van der Waals surface area contributed by atoms with Gasteiger partial charge in [-0.25, -0.2) is 0 Å². The van der Waals surface area contributed by atoms with Gasteiger partial charge in [0.1, 0.15) is 6.10 Å². The molecule has 0 unspecified atom stereocenters. The highest BCUT2D eigenvalue weighted by Gasteiger charge is 2.25. The Hall–Kier alpha value is -1.19. The summed E-state index contributed by atoms with van der Waals surface area (Å²) < 4.78 is 10.7. The van der Waals surface area contributed by atoms with Gasteiger partial charge in [0.05, 0.1) is 19.8 Å². The van der Waals surface area contributed by atoms with E-state index >= 15 is 0 Å². The standard InChI is InChI=1S/C12H14O3/c13-11-6-7-15-12(11)9-14-8-10-4-2-1-3-5-10/h1-5,12H,6-9H2/t12-/m0/s1. The van der Waals surface area contributed by atoms with Crippen LogP contribution < -0.4 is 0 Å². The van der Waals surface area contributed by atoms with Gasteiger partial charge in [0.25, 0.3) is 0 Å². The zero-order chi connectivity index (χ0) is 10.5. The summed E-state index contributed by atoms with van der Waals surface area (Å²) in [6.07, 6.45) is 0.188. The molecule has 2 rings (SSSR count). The molecule has 0 saturated carbocycles. The van der Waals surface area contributed by atoms with Crippen LogP contribution in [0.1, 0.15) is 12.0 Å². The number of carbonyl (C=O) groups excluding carboxylic acids is 1. The van der Waals surface area contributed by atoms with Crippen LogP contribution in [0.4, 0.5) is 0 Å². The van der Waals surface area contributed by atoms with E-state index < -0.39 is 0 Å². The lowest BCUT2D eigenvalue weighted by Crippen LogP contribution is -2.21. The second-order valence-electron chi connectivity index (χ2n) is 3.58. The molecule has 0 spiro atoms. The Bertz CT molecular complexity index is 321. The smallest absolute Gasteiger partial charge is 0.166 e. The monoisotopic (exact) mass is 206 g/mol. The fourth-order valence-corrected chi connectivity index (χ4v) is 1.55. The molecule has 1 heterocycles. The summed E-state index contributed by atoms with van der Waals surface area (Å²) in [7, 11) is 0. The Morgan fingerprint density at radius 1 is 1.33 bits per heavy atom. The normalized spacial score (nSPS) is 20.8. The molecule has 0 amide bonds. The summed E-state index contributed by atoms with van der Waals surface area (Å²) in [5.74, 6) is 0.156. The minimum atomic E-state index is -0.339. The minimum Gasteiger partial charge on any atom is -0.374 e. The van der Waals surface area contributed by atoms with Gasteiger partial charge < -0.3 is 9.47 Å². The van der Waals surface area contributed by atoms with Gasteiger partial charge in [-0.1, -0.05) is 30.3 Å². The van der Waals surface area contributed by atoms with E-state index in [9.17, 15) is 4.79 Å². The van der Waals surface area contributed by atoms with Crippen LogP contribution in [0.5, 0.6) is 0 Å². The molecule has 0 bridgehead atoms. The maximum atomic E-state index is 11.2. The highest BCUT2D eigenvalue weighted by molar-refractivity contribution is 5.84. The Morgan fingerprint density at radius 2 is 2.13 bits per heavy atom. The molecule has 3 nitrogen and oxygen atoms in total. The topological polar surface area (TPSA) is 35.5 Å². The predicted molar refractivity (Wildman–Crippen MR) is 55.5 cm³/mol. The molecule has 1 saturated heterocycles. The number of benzene rings is 1. The third-order valence-corrected chi connectivity index (χ3v) is 2.41. The lowest BCUT2D eigenvalue weighted by Gasteiger charge is -2.08. The number of ether oxygens (including phenoxy) is 2. The van der Waals surface area contributed by atoms with Gasteiger partial charge in [-0.15, -0.1) is 0 Å². The number of hydrogen-bond acceptors (Lipinski definition) is 3. The summed E-state index contributed by atoms with van der Waals surface area (Å²) in [4.78, 5) is 11.2. The summed E-state index contributed by atoms with van der Waals surface area (Å²) in [5.41, 5.74) is 1.11. The number of rotatable bonds is 4. The number of ketones is 1. The van der Waals surface area contributed by atoms with Crippen LogP contribution in [-0.4, -0.2) is 25.1 Å². The first-order valence-corrected chi connectivity index (χ1v) is 5.12. The van der Waals surface area contributed by atoms with Crippen LogP contribution in [0.2, 0.25) is 0 Å². The number of hydrogen-bond donors (Lipinski definition) is 0. The Morgan fingerprint density at radius 3 is 2.80 bits per heavy atom. The second-order valence-corrected chi connectivity index (χ2v) is 3.58. The van der Waals surface area contributed by atoms with E-state index in [-0.39, 0.29) is 11.9 Å². The van der Waals surface area contributed by atoms with E-state index in [1.807, 2.05) is 30.3 Å². The maximum Gasteiger partial charge on any atom is 0.166 e. The van der Waals surface area contributed by atoms with Gasteiger partial charge in [-0.3, -0.25) is 4.79 Å². The van der Waals surface area contributed by atoms with Crippen molar-refractivity contribution in [2.45, 2.75) is 19.1 Å². The molecule has 0 radical (unpaired) electrons. The van der Waals surface area contributed by atoms with Crippen LogP contribution in [-0.2, 0) is 20.9 Å². The lowest BCUT2D eigenvalue weighted by molar-refractivity contribution is -0.125. The Kier molecular flexibility index (Phi) is 3.48. The molecule has 0 N–H and O–H groups in total. The fraction of sp³-hybridized carbons (Fsp3) is 0.417. The van der Waals surface area contributed by atoms with Gasteiger partial charge in [0.15, 0.2) is 5.78 Å². The third kappa shape index (κ3) is 2.88. The van der Waals surface area contributed by atoms with Crippen molar-refractivity contribution in [2.24, 2.45) is 0 Å². The van der Waals surface area contributed by atoms with Crippen molar-refractivity contribution in [3.05, 3.63) is 35.9 Å². The molecule has 1 aromatic rings. The quantitative estimate of drug-likeness (QED) is 0.750. The van der Waals surface area contributed by atoms with Crippen molar-refractivity contribution < 1.29 is 14.3 Å². The summed E-state index contributed by atoms with van der Waals surface area (Å²) >= 11 is 0. The SMILES string of the molecule is O=C1CCO[C@H]1COCc1ccccc1. The first-order chi connectivity index (χ1) is 7.36. The molecule has 1 aliphatic rings. The fourth-order valence-electron chi connectivity index (χ4n) is 1.55. The van der Waals surface area contributed by atoms with E-state index in [0.717, 1.165) is 5.56 Å². The third-order valence-electron chi connectivity index (χ3n) is 2.41. The average Bonchev–Trinajstić information content (AvgIpc) is 2.66. The van der Waals surface area contributed by atoms with E-state index in [4.69, 9.17) is 9.47 Å². The highest BCUT2D eigenvalue weighted by Crippen LogP contribution is 2.09. The molecular formula is C12H14O3. The second kappa shape index (κ2) is 5.05. The molecule has 0 aliphatic carbocycles. The lowest BCUT2D eigenvalue weighted by atomic mass is 10.2. The molecular weight excluding hydrogens is 192 g/mol. The van der Waals surface area contributed by atoms with Crippen LogP contribution in [0.15, 0.2) is 30.3 Å². The average molecular weight is 206 g/mol. The molecule has 3 heteroatoms. The van der Waals surface area contributed by atoms with E-state index in [1.54, 1.807) is 0 Å². The van der Waals surface area contributed by atoms with Crippen molar-refractivity contribution >= 4 is 5.78 Å². The van der Waals surface area contributed by atoms with Crippen LogP contribution in [0, 0.1) is 0 Å². The van der Waals surface area contributed by atoms with Crippen molar-refractivity contribution in [3.63, 3.8) is 0 Å². The number of Topliss-reactive ketones (excluding diaryl/α,β-unsaturated/α-hetero) is 1. The van der Waals surface area contributed by atoms with Gasteiger partial charge in [0.2, 0.25) is 0 Å². The largest absolute Gasteiger partial charge is 0.374 e. The summed E-state index contributed by atoms with van der Waals surface area (Å²) in [5, 5.41) is 0. The molecule has 1 atom stereocenters. The first-order valence-electron chi connectivity index (χ1n) is 5.12. The van der Waals surface area contributed by atoms with E-state index in [0.29, 0.717) is 26.2 Å². The molecule has 1 fully saturated rings. The zero-order valence-electron chi connectivity index (χ0n) is 8.52. The van der Waals surface area contributed by atoms with Crippen molar-refractivity contribution in [1.82, 2.24) is 0 Å². The maximum absolute atomic E-state index is 11.2. The van der Waals surface area contributed by atoms with Crippen molar-refractivity contribution in [2.75, 3.05) is 13.2 Å². The highest BCUT2D eigenvalue weighted by atomic mass is 16.5. The van der Waals surface area contributed by atoms with Crippen LogP contribution >= 0.6 is 0 Å². The minimum absolute atomic E-state index is 0.156. The van der Waals surface area contributed by atoms with Crippen LogP contribution in [0.3, 0.4) is 0 Å². The predicted octanol–water partition coefficient (Wildman–Crippen LogP) is 1.56. The summed E-state index contributed by atoms with van der Waals surface area (Å²) in [6, 6.07) is 9.90. The Labute approximate surface area is 89.0 Å². The zero-order valence-corrected chi connectivity index (χ0v) is 8.52. The van der Waals surface area contributed by atoms with E-state index in [2.05, 4.69) is 0 Å². The molecule has 80 valence electrons. The van der Waals surface area contributed by atoms with Gasteiger partial charge >= 0.3 is 0 Å².